The second kappa shape index (κ2) is 4.36. The minimum atomic E-state index is -0.715. The maximum absolute atomic E-state index is 11.3. The Morgan fingerprint density at radius 1 is 1.19 bits per heavy atom. The molecule has 94 valence electrons. The molecule has 16 heavy (non-hydrogen) atoms. The topological polar surface area (TPSA) is 40.5 Å². The fraction of sp³-hybridized carbons (Fsp3) is 0.923. The van der Waals surface area contributed by atoms with Crippen LogP contribution in [-0.4, -0.2) is 34.6 Å². The van der Waals surface area contributed by atoms with Crippen LogP contribution in [0, 0.1) is 11.3 Å². The van der Waals surface area contributed by atoms with Crippen LogP contribution < -0.4 is 0 Å². The number of aliphatic carboxylic acids is 1. The molecular weight excluding hydrogens is 202 g/mol. The molecule has 0 atom stereocenters. The highest BCUT2D eigenvalue weighted by Crippen LogP contribution is 2.38. The summed E-state index contributed by atoms with van der Waals surface area (Å²) in [6.45, 7) is 12.1. The maximum atomic E-state index is 11.3. The van der Waals surface area contributed by atoms with E-state index in [0.29, 0.717) is 0 Å². The van der Waals surface area contributed by atoms with E-state index in [0.717, 1.165) is 19.0 Å². The number of rotatable bonds is 3. The standard InChI is InChI=1S/C13H25NO2/c1-10-6-8-14(9-7-10)13(4,5)12(2,3)11(15)16/h10H,6-9H2,1-5H3,(H,15,16). The van der Waals surface area contributed by atoms with Gasteiger partial charge in [-0.15, -0.1) is 0 Å². The van der Waals surface area contributed by atoms with E-state index in [1.165, 1.54) is 12.8 Å². The van der Waals surface area contributed by atoms with E-state index < -0.39 is 11.4 Å². The first-order chi connectivity index (χ1) is 7.19. The van der Waals surface area contributed by atoms with Gasteiger partial charge in [0.05, 0.1) is 5.41 Å². The molecule has 0 unspecified atom stereocenters. The summed E-state index contributed by atoms with van der Waals surface area (Å²) in [4.78, 5) is 13.7. The molecular formula is C13H25NO2. The average molecular weight is 227 g/mol. The maximum Gasteiger partial charge on any atom is 0.310 e. The molecule has 0 aliphatic carbocycles. The van der Waals surface area contributed by atoms with Gasteiger partial charge in [0.2, 0.25) is 0 Å². The second-order valence-electron chi connectivity index (χ2n) is 6.16. The first kappa shape index (κ1) is 13.5. The summed E-state index contributed by atoms with van der Waals surface area (Å²) in [5.41, 5.74) is -1.01. The lowest BCUT2D eigenvalue weighted by Crippen LogP contribution is -2.58. The number of nitrogens with zero attached hydrogens (tertiary/aromatic N) is 1. The van der Waals surface area contributed by atoms with Gasteiger partial charge in [-0.25, -0.2) is 0 Å². The molecule has 0 aromatic carbocycles. The van der Waals surface area contributed by atoms with Crippen molar-refractivity contribution in [3.8, 4) is 0 Å². The number of piperidine rings is 1. The van der Waals surface area contributed by atoms with Crippen LogP contribution in [0.25, 0.3) is 0 Å². The summed E-state index contributed by atoms with van der Waals surface area (Å²) in [5.74, 6) is 0.0658. The molecule has 0 radical (unpaired) electrons. The van der Waals surface area contributed by atoms with Crippen LogP contribution in [0.2, 0.25) is 0 Å². The number of likely N-dealkylation sites (tertiary alicyclic amines) is 1. The molecule has 1 aliphatic heterocycles. The number of hydrogen-bond acceptors (Lipinski definition) is 2. The Morgan fingerprint density at radius 3 is 2.00 bits per heavy atom. The fourth-order valence-electron chi connectivity index (χ4n) is 2.22. The number of carboxylic acids is 1. The minimum absolute atomic E-state index is 0.293. The van der Waals surface area contributed by atoms with Gasteiger partial charge < -0.3 is 5.11 Å². The predicted octanol–water partition coefficient (Wildman–Crippen LogP) is 2.61. The van der Waals surface area contributed by atoms with Crippen LogP contribution >= 0.6 is 0 Å². The summed E-state index contributed by atoms with van der Waals surface area (Å²) < 4.78 is 0. The highest BCUT2D eigenvalue weighted by Gasteiger charge is 2.47. The van der Waals surface area contributed by atoms with Gasteiger partial charge in [0.1, 0.15) is 0 Å². The first-order valence-electron chi connectivity index (χ1n) is 6.18. The molecule has 1 N–H and O–H groups in total. The van der Waals surface area contributed by atoms with Crippen molar-refractivity contribution in [1.29, 1.82) is 0 Å². The van der Waals surface area contributed by atoms with Crippen molar-refractivity contribution in [2.75, 3.05) is 13.1 Å². The molecule has 0 aromatic rings. The quantitative estimate of drug-likeness (QED) is 0.805. The molecule has 0 bridgehead atoms. The Labute approximate surface area is 98.8 Å². The number of carboxylic acid groups (broad SMARTS) is 1. The van der Waals surface area contributed by atoms with E-state index in [2.05, 4.69) is 25.7 Å². The van der Waals surface area contributed by atoms with Gasteiger partial charge in [0.15, 0.2) is 0 Å². The summed E-state index contributed by atoms with van der Waals surface area (Å²) in [5, 5.41) is 9.33. The van der Waals surface area contributed by atoms with Gasteiger partial charge in [0.25, 0.3) is 0 Å². The zero-order valence-electron chi connectivity index (χ0n) is 11.2. The van der Waals surface area contributed by atoms with Crippen molar-refractivity contribution in [2.45, 2.75) is 53.0 Å². The normalized spacial score (nSPS) is 21.1. The Hall–Kier alpha value is -0.570. The van der Waals surface area contributed by atoms with Gasteiger partial charge >= 0.3 is 5.97 Å². The van der Waals surface area contributed by atoms with Crippen LogP contribution in [0.5, 0.6) is 0 Å². The Morgan fingerprint density at radius 2 is 1.62 bits per heavy atom. The van der Waals surface area contributed by atoms with Crippen LogP contribution in [-0.2, 0) is 4.79 Å². The van der Waals surface area contributed by atoms with Crippen molar-refractivity contribution < 1.29 is 9.90 Å². The zero-order valence-corrected chi connectivity index (χ0v) is 11.2. The molecule has 0 aromatic heterocycles. The summed E-state index contributed by atoms with van der Waals surface area (Å²) in [6, 6.07) is 0. The summed E-state index contributed by atoms with van der Waals surface area (Å²) in [6.07, 6.45) is 2.36. The third kappa shape index (κ3) is 2.24. The SMILES string of the molecule is CC1CCN(C(C)(C)C(C)(C)C(=O)O)CC1. The molecule has 1 rings (SSSR count). The Balaban J connectivity index is 2.81. The third-order valence-corrected chi connectivity index (χ3v) is 4.64. The highest BCUT2D eigenvalue weighted by molar-refractivity contribution is 5.75. The van der Waals surface area contributed by atoms with Gasteiger partial charge in [0, 0.05) is 5.54 Å². The monoisotopic (exact) mass is 227 g/mol. The third-order valence-electron chi connectivity index (χ3n) is 4.64. The molecule has 0 amide bonds. The van der Waals surface area contributed by atoms with Crippen LogP contribution in [0.3, 0.4) is 0 Å². The lowest BCUT2D eigenvalue weighted by Gasteiger charge is -2.49. The molecule has 1 fully saturated rings. The van der Waals surface area contributed by atoms with Crippen LogP contribution in [0.1, 0.15) is 47.5 Å². The molecule has 0 spiro atoms. The van der Waals surface area contributed by atoms with Crippen LogP contribution in [0.15, 0.2) is 0 Å². The highest BCUT2D eigenvalue weighted by atomic mass is 16.4. The van der Waals surface area contributed by atoms with Crippen molar-refractivity contribution in [1.82, 2.24) is 4.90 Å². The molecule has 3 nitrogen and oxygen atoms in total. The van der Waals surface area contributed by atoms with Crippen molar-refractivity contribution in [3.05, 3.63) is 0 Å². The molecule has 3 heteroatoms. The Bertz CT molecular complexity index is 263. The molecule has 1 aliphatic rings. The Kier molecular flexibility index (Phi) is 3.68. The smallest absolute Gasteiger partial charge is 0.310 e. The van der Waals surface area contributed by atoms with Gasteiger partial charge in [-0.3, -0.25) is 9.69 Å². The van der Waals surface area contributed by atoms with Gasteiger partial charge in [-0.05, 0) is 59.5 Å². The lowest BCUT2D eigenvalue weighted by molar-refractivity contribution is -0.156. The largest absolute Gasteiger partial charge is 0.481 e. The molecule has 1 heterocycles. The number of hydrogen-bond donors (Lipinski definition) is 1. The summed E-state index contributed by atoms with van der Waals surface area (Å²) >= 11 is 0. The van der Waals surface area contributed by atoms with E-state index in [1.807, 2.05) is 13.8 Å². The summed E-state index contributed by atoms with van der Waals surface area (Å²) in [7, 11) is 0. The average Bonchev–Trinajstić information content (AvgIpc) is 2.17. The molecule has 0 saturated carbocycles. The predicted molar refractivity (Wildman–Crippen MR) is 65.5 cm³/mol. The minimum Gasteiger partial charge on any atom is -0.481 e. The van der Waals surface area contributed by atoms with E-state index in [9.17, 15) is 9.90 Å². The van der Waals surface area contributed by atoms with Crippen molar-refractivity contribution in [2.24, 2.45) is 11.3 Å². The van der Waals surface area contributed by atoms with E-state index in [1.54, 1.807) is 0 Å². The van der Waals surface area contributed by atoms with E-state index >= 15 is 0 Å². The van der Waals surface area contributed by atoms with Gasteiger partial charge in [-0.2, -0.15) is 0 Å². The van der Waals surface area contributed by atoms with Gasteiger partial charge in [-0.1, -0.05) is 6.92 Å². The van der Waals surface area contributed by atoms with E-state index in [4.69, 9.17) is 0 Å². The zero-order chi connectivity index (χ0) is 12.6. The van der Waals surface area contributed by atoms with Crippen molar-refractivity contribution >= 4 is 5.97 Å². The van der Waals surface area contributed by atoms with Crippen LogP contribution in [0.4, 0.5) is 0 Å². The lowest BCUT2D eigenvalue weighted by atomic mass is 9.72. The van der Waals surface area contributed by atoms with Crippen molar-refractivity contribution in [3.63, 3.8) is 0 Å². The number of carbonyl (C=O) groups is 1. The molecule has 1 saturated heterocycles. The van der Waals surface area contributed by atoms with E-state index in [-0.39, 0.29) is 5.54 Å². The fourth-order valence-corrected chi connectivity index (χ4v) is 2.22. The first-order valence-corrected chi connectivity index (χ1v) is 6.18. The second-order valence-corrected chi connectivity index (χ2v) is 6.16.